The summed E-state index contributed by atoms with van der Waals surface area (Å²) in [4.78, 5) is 12.2. The molecule has 0 bridgehead atoms. The molecular formula is C14H17Cl2NO. The largest absolute Gasteiger partial charge is 0.311 e. The zero-order valence-electron chi connectivity index (χ0n) is 10.4. The van der Waals surface area contributed by atoms with Crippen LogP contribution in [0.1, 0.15) is 43.0 Å². The van der Waals surface area contributed by atoms with Gasteiger partial charge in [-0.15, -0.1) is 0 Å². The van der Waals surface area contributed by atoms with E-state index in [9.17, 15) is 4.79 Å². The third-order valence-corrected chi connectivity index (χ3v) is 3.92. The molecule has 1 N–H and O–H groups in total. The van der Waals surface area contributed by atoms with E-state index in [2.05, 4.69) is 12.2 Å². The number of Topliss-reactive ketones (excluding diaryl/α,β-unsaturated/α-hetero) is 1. The maximum Gasteiger partial charge on any atom is 0.165 e. The van der Waals surface area contributed by atoms with Gasteiger partial charge in [0.25, 0.3) is 0 Å². The van der Waals surface area contributed by atoms with Crippen molar-refractivity contribution >= 4 is 29.0 Å². The van der Waals surface area contributed by atoms with Gasteiger partial charge in [0.2, 0.25) is 0 Å². The molecule has 2 nitrogen and oxygen atoms in total. The molecule has 0 saturated carbocycles. The third-order valence-electron chi connectivity index (χ3n) is 3.37. The predicted molar refractivity (Wildman–Crippen MR) is 75.6 cm³/mol. The summed E-state index contributed by atoms with van der Waals surface area (Å²) in [6.45, 7) is 2.16. The lowest BCUT2D eigenvalue weighted by Gasteiger charge is -2.28. The van der Waals surface area contributed by atoms with E-state index in [1.54, 1.807) is 18.2 Å². The Morgan fingerprint density at radius 2 is 2.17 bits per heavy atom. The van der Waals surface area contributed by atoms with Crippen LogP contribution in [0.25, 0.3) is 0 Å². The van der Waals surface area contributed by atoms with Crippen molar-refractivity contribution in [3.05, 3.63) is 33.8 Å². The molecule has 2 rings (SSSR count). The summed E-state index contributed by atoms with van der Waals surface area (Å²) in [6, 6.07) is 5.80. The molecule has 1 aliphatic heterocycles. The van der Waals surface area contributed by atoms with E-state index in [1.807, 2.05) is 0 Å². The number of benzene rings is 1. The Kier molecular flexibility index (Phi) is 4.66. The molecular weight excluding hydrogens is 269 g/mol. The highest BCUT2D eigenvalue weighted by Gasteiger charge is 2.21. The first-order valence-corrected chi connectivity index (χ1v) is 7.06. The highest BCUT2D eigenvalue weighted by atomic mass is 35.5. The van der Waals surface area contributed by atoms with Gasteiger partial charge in [0, 0.05) is 29.1 Å². The normalized spacial score (nSPS) is 23.9. The number of rotatable bonds is 3. The van der Waals surface area contributed by atoms with Crippen LogP contribution in [-0.4, -0.2) is 17.9 Å². The molecule has 1 aromatic carbocycles. The molecule has 0 aliphatic carbocycles. The Balaban J connectivity index is 2.03. The molecule has 1 heterocycles. The van der Waals surface area contributed by atoms with Crippen molar-refractivity contribution in [2.24, 2.45) is 0 Å². The van der Waals surface area contributed by atoms with Crippen LogP contribution < -0.4 is 5.32 Å². The van der Waals surface area contributed by atoms with Crippen molar-refractivity contribution in [1.82, 2.24) is 5.32 Å². The molecule has 1 aromatic rings. The van der Waals surface area contributed by atoms with Crippen LogP contribution in [0.4, 0.5) is 0 Å². The van der Waals surface area contributed by atoms with Gasteiger partial charge in [-0.05, 0) is 38.0 Å². The minimum atomic E-state index is 0.0864. The molecule has 18 heavy (non-hydrogen) atoms. The molecule has 4 heteroatoms. The number of hydrogen-bond acceptors (Lipinski definition) is 2. The van der Waals surface area contributed by atoms with Gasteiger partial charge in [-0.25, -0.2) is 0 Å². The average molecular weight is 286 g/mol. The topological polar surface area (TPSA) is 29.1 Å². The summed E-state index contributed by atoms with van der Waals surface area (Å²) < 4.78 is 0. The van der Waals surface area contributed by atoms with E-state index in [4.69, 9.17) is 23.2 Å². The summed E-state index contributed by atoms with van der Waals surface area (Å²) in [6.07, 6.45) is 3.93. The van der Waals surface area contributed by atoms with Gasteiger partial charge in [0.05, 0.1) is 5.02 Å². The monoisotopic (exact) mass is 285 g/mol. The third kappa shape index (κ3) is 3.47. The van der Waals surface area contributed by atoms with E-state index < -0.39 is 0 Å². The van der Waals surface area contributed by atoms with Crippen LogP contribution in [0.15, 0.2) is 18.2 Å². The smallest absolute Gasteiger partial charge is 0.165 e. The quantitative estimate of drug-likeness (QED) is 0.848. The Bertz CT molecular complexity index is 447. The zero-order chi connectivity index (χ0) is 13.1. The maximum absolute atomic E-state index is 12.2. The number of carbonyl (C=O) groups is 1. The Labute approximate surface area is 118 Å². The number of hydrogen-bond donors (Lipinski definition) is 1. The first-order valence-electron chi connectivity index (χ1n) is 6.30. The van der Waals surface area contributed by atoms with Crippen molar-refractivity contribution < 1.29 is 4.79 Å². The summed E-state index contributed by atoms with van der Waals surface area (Å²) in [5.74, 6) is 0.0864. The maximum atomic E-state index is 12.2. The lowest BCUT2D eigenvalue weighted by molar-refractivity contribution is 0.0960. The average Bonchev–Trinajstić information content (AvgIpc) is 2.28. The Morgan fingerprint density at radius 3 is 2.83 bits per heavy atom. The molecule has 0 spiro atoms. The van der Waals surface area contributed by atoms with Crippen LogP contribution in [0.5, 0.6) is 0 Å². The highest BCUT2D eigenvalue weighted by Crippen LogP contribution is 2.24. The SMILES string of the molecule is CC1CCCC(CC(=O)c2ccc(Cl)cc2Cl)N1. The standard InChI is InChI=1S/C14H17Cl2NO/c1-9-3-2-4-11(17-9)8-14(18)12-6-5-10(15)7-13(12)16/h5-7,9,11,17H,2-4,8H2,1H3. The fraction of sp³-hybridized carbons (Fsp3) is 0.500. The van der Waals surface area contributed by atoms with Gasteiger partial charge in [0.15, 0.2) is 5.78 Å². The summed E-state index contributed by atoms with van der Waals surface area (Å²) in [7, 11) is 0. The Morgan fingerprint density at radius 1 is 1.39 bits per heavy atom. The van der Waals surface area contributed by atoms with Crippen LogP contribution in [0.3, 0.4) is 0 Å². The summed E-state index contributed by atoms with van der Waals surface area (Å²) in [5, 5.41) is 4.46. The molecule has 2 unspecified atom stereocenters. The van der Waals surface area contributed by atoms with Gasteiger partial charge in [0.1, 0.15) is 0 Å². The fourth-order valence-corrected chi connectivity index (χ4v) is 2.96. The summed E-state index contributed by atoms with van der Waals surface area (Å²) >= 11 is 11.9. The summed E-state index contributed by atoms with van der Waals surface area (Å²) in [5.41, 5.74) is 0.570. The predicted octanol–water partition coefficient (Wildman–Crippen LogP) is 4.10. The fourth-order valence-electron chi connectivity index (χ4n) is 2.45. The lowest BCUT2D eigenvalue weighted by atomic mass is 9.94. The molecule has 1 aliphatic rings. The number of ketones is 1. The van der Waals surface area contributed by atoms with E-state index >= 15 is 0 Å². The Hall–Kier alpha value is -0.570. The minimum Gasteiger partial charge on any atom is -0.311 e. The molecule has 1 saturated heterocycles. The molecule has 2 atom stereocenters. The van der Waals surface area contributed by atoms with Gasteiger partial charge in [-0.2, -0.15) is 0 Å². The first-order chi connectivity index (χ1) is 8.56. The van der Waals surface area contributed by atoms with Gasteiger partial charge in [-0.3, -0.25) is 4.79 Å². The molecule has 0 radical (unpaired) electrons. The molecule has 1 fully saturated rings. The second-order valence-corrected chi connectivity index (χ2v) is 5.79. The van der Waals surface area contributed by atoms with E-state index in [0.717, 1.165) is 6.42 Å². The second kappa shape index (κ2) is 6.05. The van der Waals surface area contributed by atoms with Crippen LogP contribution >= 0.6 is 23.2 Å². The van der Waals surface area contributed by atoms with Crippen molar-refractivity contribution in [2.75, 3.05) is 0 Å². The van der Waals surface area contributed by atoms with Gasteiger partial charge >= 0.3 is 0 Å². The van der Waals surface area contributed by atoms with E-state index in [0.29, 0.717) is 28.1 Å². The van der Waals surface area contributed by atoms with Crippen LogP contribution in [-0.2, 0) is 0 Å². The van der Waals surface area contributed by atoms with E-state index in [1.165, 1.54) is 12.8 Å². The number of halogens is 2. The minimum absolute atomic E-state index is 0.0864. The lowest BCUT2D eigenvalue weighted by Crippen LogP contribution is -2.41. The zero-order valence-corrected chi connectivity index (χ0v) is 11.9. The van der Waals surface area contributed by atoms with Crippen LogP contribution in [0.2, 0.25) is 10.0 Å². The van der Waals surface area contributed by atoms with Gasteiger partial charge in [-0.1, -0.05) is 29.6 Å². The number of piperidine rings is 1. The molecule has 98 valence electrons. The number of carbonyl (C=O) groups excluding carboxylic acids is 1. The first kappa shape index (κ1) is 13.9. The van der Waals surface area contributed by atoms with Crippen LogP contribution in [0, 0.1) is 0 Å². The van der Waals surface area contributed by atoms with E-state index in [-0.39, 0.29) is 11.8 Å². The van der Waals surface area contributed by atoms with Crippen molar-refractivity contribution in [3.8, 4) is 0 Å². The van der Waals surface area contributed by atoms with Crippen molar-refractivity contribution in [3.63, 3.8) is 0 Å². The molecule has 0 aromatic heterocycles. The van der Waals surface area contributed by atoms with Gasteiger partial charge < -0.3 is 5.32 Å². The second-order valence-electron chi connectivity index (χ2n) is 4.95. The molecule has 0 amide bonds. The number of nitrogens with one attached hydrogen (secondary N) is 1. The highest BCUT2D eigenvalue weighted by molar-refractivity contribution is 6.36. The van der Waals surface area contributed by atoms with Crippen molar-refractivity contribution in [1.29, 1.82) is 0 Å². The van der Waals surface area contributed by atoms with Crippen molar-refractivity contribution in [2.45, 2.75) is 44.7 Å².